The predicted molar refractivity (Wildman–Crippen MR) is 131 cm³/mol. The number of aryl methyl sites for hydroxylation is 1. The van der Waals surface area contributed by atoms with Gasteiger partial charge in [0.15, 0.2) is 11.5 Å². The van der Waals surface area contributed by atoms with E-state index in [1.54, 1.807) is 61.7 Å². The van der Waals surface area contributed by atoms with Gasteiger partial charge < -0.3 is 19.2 Å². The number of hydrogen-bond acceptors (Lipinski definition) is 6. The van der Waals surface area contributed by atoms with E-state index in [2.05, 4.69) is 4.98 Å². The van der Waals surface area contributed by atoms with E-state index in [4.69, 9.17) is 14.2 Å². The maximum atomic E-state index is 13.7. The van der Waals surface area contributed by atoms with Gasteiger partial charge in [-0.15, -0.1) is 0 Å². The second-order valence-corrected chi connectivity index (χ2v) is 10.3. The number of nitrogens with zero attached hydrogens (tertiary/aromatic N) is 1. The molecule has 0 radical (unpaired) electrons. The summed E-state index contributed by atoms with van der Waals surface area (Å²) in [5.74, 6) is 1.81. The molecule has 35 heavy (non-hydrogen) atoms. The molecule has 8 nitrogen and oxygen atoms in total. The Morgan fingerprint density at radius 1 is 0.943 bits per heavy atom. The topological polar surface area (TPSA) is 97.9 Å². The van der Waals surface area contributed by atoms with Crippen molar-refractivity contribution in [3.63, 3.8) is 0 Å². The summed E-state index contributed by atoms with van der Waals surface area (Å²) >= 11 is 0. The largest absolute Gasteiger partial charge is 0.497 e. The van der Waals surface area contributed by atoms with E-state index in [0.29, 0.717) is 28.3 Å². The Morgan fingerprint density at radius 3 is 2.31 bits per heavy atom. The number of ether oxygens (including phenoxy) is 3. The lowest BCUT2D eigenvalue weighted by Gasteiger charge is -2.23. The minimum absolute atomic E-state index is 0.0822. The van der Waals surface area contributed by atoms with Crippen molar-refractivity contribution >= 4 is 20.9 Å². The SMILES string of the molecule is COc1ccc(CN(Cc2cc3cc4c(cc3[nH]c2=O)OCO4)S(=O)(=O)c2ccc(C)cc2)cc1. The van der Waals surface area contributed by atoms with Crippen LogP contribution >= 0.6 is 0 Å². The Kier molecular flexibility index (Phi) is 5.96. The molecule has 0 saturated carbocycles. The molecule has 180 valence electrons. The lowest BCUT2D eigenvalue weighted by molar-refractivity contribution is 0.174. The molecular formula is C26H24N2O6S. The maximum Gasteiger partial charge on any atom is 0.252 e. The fourth-order valence-electron chi connectivity index (χ4n) is 3.97. The molecule has 1 aliphatic rings. The number of nitrogens with one attached hydrogen (secondary N) is 1. The Bertz CT molecular complexity index is 1540. The smallest absolute Gasteiger partial charge is 0.252 e. The number of aromatic amines is 1. The summed E-state index contributed by atoms with van der Waals surface area (Å²) in [6.07, 6.45) is 0. The van der Waals surface area contributed by atoms with Crippen molar-refractivity contribution < 1.29 is 22.6 Å². The number of benzene rings is 3. The van der Waals surface area contributed by atoms with Gasteiger partial charge in [-0.05, 0) is 48.9 Å². The number of rotatable bonds is 7. The molecule has 0 saturated heterocycles. The van der Waals surface area contributed by atoms with Crippen molar-refractivity contribution in [2.24, 2.45) is 0 Å². The van der Waals surface area contributed by atoms with Gasteiger partial charge in [-0.2, -0.15) is 4.31 Å². The van der Waals surface area contributed by atoms with Crippen LogP contribution in [0.4, 0.5) is 0 Å². The molecule has 9 heteroatoms. The Hall–Kier alpha value is -3.82. The molecule has 0 unspecified atom stereocenters. The normalized spacial score (nSPS) is 12.9. The summed E-state index contributed by atoms with van der Waals surface area (Å²) in [6.45, 7) is 1.99. The van der Waals surface area contributed by atoms with Crippen molar-refractivity contribution in [3.8, 4) is 17.2 Å². The van der Waals surface area contributed by atoms with Crippen LogP contribution in [0.5, 0.6) is 17.2 Å². The van der Waals surface area contributed by atoms with Gasteiger partial charge >= 0.3 is 0 Å². The summed E-state index contributed by atoms with van der Waals surface area (Å²) in [6, 6.07) is 19.0. The zero-order chi connectivity index (χ0) is 24.6. The zero-order valence-electron chi connectivity index (χ0n) is 19.3. The van der Waals surface area contributed by atoms with Gasteiger partial charge in [0.25, 0.3) is 5.56 Å². The number of aromatic nitrogens is 1. The van der Waals surface area contributed by atoms with Crippen LogP contribution in [-0.4, -0.2) is 31.6 Å². The predicted octanol–water partition coefficient (Wildman–Crippen LogP) is 3.96. The van der Waals surface area contributed by atoms with Gasteiger partial charge in [0.2, 0.25) is 16.8 Å². The summed E-state index contributed by atoms with van der Waals surface area (Å²) in [4.78, 5) is 16.0. The monoisotopic (exact) mass is 492 g/mol. The Balaban J connectivity index is 1.55. The van der Waals surface area contributed by atoms with Crippen LogP contribution in [0.3, 0.4) is 0 Å². The van der Waals surface area contributed by atoms with Crippen molar-refractivity contribution in [3.05, 3.63) is 93.8 Å². The van der Waals surface area contributed by atoms with Crippen LogP contribution in [0.15, 0.2) is 76.4 Å². The molecule has 5 rings (SSSR count). The highest BCUT2D eigenvalue weighted by Gasteiger charge is 2.26. The number of fused-ring (bicyclic) bond motifs is 2. The van der Waals surface area contributed by atoms with E-state index < -0.39 is 10.0 Å². The van der Waals surface area contributed by atoms with E-state index in [9.17, 15) is 13.2 Å². The second-order valence-electron chi connectivity index (χ2n) is 8.35. The summed E-state index contributed by atoms with van der Waals surface area (Å²) in [7, 11) is -2.33. The molecule has 1 N–H and O–H groups in total. The molecule has 0 amide bonds. The van der Waals surface area contributed by atoms with Crippen molar-refractivity contribution in [2.75, 3.05) is 13.9 Å². The highest BCUT2D eigenvalue weighted by molar-refractivity contribution is 7.89. The third kappa shape index (κ3) is 4.60. The number of H-pyrrole nitrogens is 1. The first-order chi connectivity index (χ1) is 16.8. The van der Waals surface area contributed by atoms with Crippen LogP contribution in [0.1, 0.15) is 16.7 Å². The summed E-state index contributed by atoms with van der Waals surface area (Å²) in [5.41, 5.74) is 2.26. The number of methoxy groups -OCH3 is 1. The fourth-order valence-corrected chi connectivity index (χ4v) is 5.37. The molecule has 0 aliphatic carbocycles. The van der Waals surface area contributed by atoms with E-state index >= 15 is 0 Å². The van der Waals surface area contributed by atoms with Crippen LogP contribution in [0.25, 0.3) is 10.9 Å². The molecule has 0 spiro atoms. The number of pyridine rings is 1. The molecule has 3 aromatic carbocycles. The second kappa shape index (κ2) is 9.09. The van der Waals surface area contributed by atoms with Crippen LogP contribution in [-0.2, 0) is 23.1 Å². The van der Waals surface area contributed by atoms with Gasteiger partial charge in [0, 0.05) is 30.1 Å². The van der Waals surface area contributed by atoms with Crippen LogP contribution < -0.4 is 19.8 Å². The van der Waals surface area contributed by atoms with Crippen LogP contribution in [0, 0.1) is 6.92 Å². The standard InChI is InChI=1S/C26H24N2O6S/c1-17-3-9-22(10-4-17)35(30,31)28(14-18-5-7-21(32-2)8-6-18)15-20-11-19-12-24-25(34-16-33-24)13-23(19)27-26(20)29/h3-13H,14-16H2,1-2H3,(H,27,29). The molecule has 0 fully saturated rings. The summed E-state index contributed by atoms with van der Waals surface area (Å²) in [5, 5.41) is 0.723. The molecule has 0 bridgehead atoms. The maximum absolute atomic E-state index is 13.7. The Morgan fingerprint density at radius 2 is 1.63 bits per heavy atom. The molecular weight excluding hydrogens is 468 g/mol. The first-order valence-corrected chi connectivity index (χ1v) is 12.4. The average Bonchev–Trinajstić information content (AvgIpc) is 3.30. The Labute approximate surface area is 202 Å². The van der Waals surface area contributed by atoms with Crippen molar-refractivity contribution in [1.29, 1.82) is 0 Å². The summed E-state index contributed by atoms with van der Waals surface area (Å²) < 4.78 is 44.7. The van der Waals surface area contributed by atoms with Gasteiger partial charge in [-0.25, -0.2) is 8.42 Å². The lowest BCUT2D eigenvalue weighted by Crippen LogP contribution is -2.32. The van der Waals surface area contributed by atoms with Gasteiger partial charge in [0.05, 0.1) is 17.5 Å². The molecule has 2 heterocycles. The van der Waals surface area contributed by atoms with Gasteiger partial charge in [-0.1, -0.05) is 29.8 Å². The molecule has 1 aromatic heterocycles. The first-order valence-electron chi connectivity index (χ1n) is 11.0. The minimum atomic E-state index is -3.90. The van der Waals surface area contributed by atoms with Crippen molar-refractivity contribution in [2.45, 2.75) is 24.9 Å². The van der Waals surface area contributed by atoms with E-state index in [-0.39, 0.29) is 30.3 Å². The molecule has 1 aliphatic heterocycles. The molecule has 0 atom stereocenters. The minimum Gasteiger partial charge on any atom is -0.497 e. The number of hydrogen-bond donors (Lipinski definition) is 1. The number of sulfonamides is 1. The quantitative estimate of drug-likeness (QED) is 0.419. The zero-order valence-corrected chi connectivity index (χ0v) is 20.1. The average molecular weight is 493 g/mol. The third-order valence-electron chi connectivity index (χ3n) is 5.94. The van der Waals surface area contributed by atoms with Crippen LogP contribution in [0.2, 0.25) is 0 Å². The van der Waals surface area contributed by atoms with Crippen molar-refractivity contribution in [1.82, 2.24) is 9.29 Å². The fraction of sp³-hybridized carbons (Fsp3) is 0.192. The van der Waals surface area contributed by atoms with Gasteiger partial charge in [-0.3, -0.25) is 4.79 Å². The van der Waals surface area contributed by atoms with E-state index in [0.717, 1.165) is 16.5 Å². The third-order valence-corrected chi connectivity index (χ3v) is 7.74. The lowest BCUT2D eigenvalue weighted by atomic mass is 10.1. The van der Waals surface area contributed by atoms with Gasteiger partial charge in [0.1, 0.15) is 5.75 Å². The van der Waals surface area contributed by atoms with E-state index in [1.165, 1.54) is 4.31 Å². The van der Waals surface area contributed by atoms with E-state index in [1.807, 2.05) is 19.1 Å². The first kappa shape index (κ1) is 22.9. The highest BCUT2D eigenvalue weighted by atomic mass is 32.2. The highest BCUT2D eigenvalue weighted by Crippen LogP contribution is 2.35. The molecule has 4 aromatic rings.